The number of hydrogen-bond acceptors (Lipinski definition) is 4. The maximum atomic E-state index is 13.0. The van der Waals surface area contributed by atoms with Crippen LogP contribution in [0.1, 0.15) is 5.56 Å². The zero-order valence-corrected chi connectivity index (χ0v) is 9.71. The van der Waals surface area contributed by atoms with Crippen LogP contribution in [0.4, 0.5) is 4.39 Å². The average molecular weight is 264 g/mol. The van der Waals surface area contributed by atoms with Crippen LogP contribution >= 0.6 is 0 Å². The molecule has 1 aromatic heterocycles. The van der Waals surface area contributed by atoms with E-state index in [1.807, 2.05) is 0 Å². The van der Waals surface area contributed by atoms with Gasteiger partial charge < -0.3 is 10.0 Å². The minimum Gasteiger partial charge on any atom is -0.423 e. The number of aromatic amines is 1. The predicted molar refractivity (Wildman–Crippen MR) is 66.7 cm³/mol. The van der Waals surface area contributed by atoms with Crippen molar-refractivity contribution in [2.75, 3.05) is 0 Å². The van der Waals surface area contributed by atoms with Gasteiger partial charge in [-0.25, -0.2) is 9.18 Å². The molecule has 0 aliphatic rings. The molecule has 2 rings (SSSR count). The van der Waals surface area contributed by atoms with E-state index in [2.05, 4.69) is 4.98 Å². The molecule has 19 heavy (non-hydrogen) atoms. The van der Waals surface area contributed by atoms with Crippen LogP contribution in [0, 0.1) is 5.82 Å². The van der Waals surface area contributed by atoms with Gasteiger partial charge in [-0.05, 0) is 23.2 Å². The van der Waals surface area contributed by atoms with Gasteiger partial charge in [-0.3, -0.25) is 14.3 Å². The van der Waals surface area contributed by atoms with Crippen LogP contribution in [0.25, 0.3) is 0 Å². The molecule has 0 aliphatic carbocycles. The second-order valence-corrected chi connectivity index (χ2v) is 3.95. The van der Waals surface area contributed by atoms with Crippen LogP contribution in [-0.2, 0) is 6.54 Å². The van der Waals surface area contributed by atoms with Gasteiger partial charge in [-0.2, -0.15) is 0 Å². The molecule has 0 amide bonds. The topological polar surface area (TPSA) is 95.3 Å². The van der Waals surface area contributed by atoms with Crippen molar-refractivity contribution < 1.29 is 14.4 Å². The summed E-state index contributed by atoms with van der Waals surface area (Å²) in [5, 5.41) is 18.3. The standard InChI is InChI=1S/C11H10BFN2O4/c13-8-2-1-7(9(5-8)12(18)19)6-15-4-3-10(16)14-11(15)17/h1-5,18-19H,6H2,(H,14,16,17). The van der Waals surface area contributed by atoms with E-state index in [9.17, 15) is 14.0 Å². The van der Waals surface area contributed by atoms with E-state index in [4.69, 9.17) is 10.0 Å². The molecule has 0 atom stereocenters. The van der Waals surface area contributed by atoms with Crippen molar-refractivity contribution in [3.8, 4) is 0 Å². The van der Waals surface area contributed by atoms with Gasteiger partial charge in [-0.15, -0.1) is 0 Å². The van der Waals surface area contributed by atoms with E-state index in [-0.39, 0.29) is 12.0 Å². The lowest BCUT2D eigenvalue weighted by atomic mass is 9.77. The van der Waals surface area contributed by atoms with Crippen LogP contribution in [0.15, 0.2) is 40.1 Å². The number of nitrogens with one attached hydrogen (secondary N) is 1. The maximum absolute atomic E-state index is 13.0. The Morgan fingerprint density at radius 2 is 2.00 bits per heavy atom. The molecular weight excluding hydrogens is 254 g/mol. The third-order valence-corrected chi connectivity index (χ3v) is 2.62. The lowest BCUT2D eigenvalue weighted by Crippen LogP contribution is -2.36. The number of benzene rings is 1. The molecule has 8 heteroatoms. The molecule has 3 N–H and O–H groups in total. The number of halogens is 1. The Morgan fingerprint density at radius 1 is 1.26 bits per heavy atom. The van der Waals surface area contributed by atoms with Crippen molar-refractivity contribution in [1.82, 2.24) is 9.55 Å². The number of nitrogens with zero attached hydrogens (tertiary/aromatic N) is 1. The van der Waals surface area contributed by atoms with Crippen molar-refractivity contribution in [3.05, 3.63) is 62.7 Å². The van der Waals surface area contributed by atoms with Crippen LogP contribution in [0.5, 0.6) is 0 Å². The van der Waals surface area contributed by atoms with Gasteiger partial charge in [0, 0.05) is 12.3 Å². The largest absolute Gasteiger partial charge is 0.488 e. The summed E-state index contributed by atoms with van der Waals surface area (Å²) in [6, 6.07) is 4.65. The second-order valence-electron chi connectivity index (χ2n) is 3.95. The highest BCUT2D eigenvalue weighted by molar-refractivity contribution is 6.59. The Kier molecular flexibility index (Phi) is 3.63. The minimum absolute atomic E-state index is 0.0111. The van der Waals surface area contributed by atoms with E-state index < -0.39 is 24.2 Å². The number of aromatic nitrogens is 2. The summed E-state index contributed by atoms with van der Waals surface area (Å²) < 4.78 is 14.2. The first-order chi connectivity index (χ1) is 8.97. The highest BCUT2D eigenvalue weighted by Crippen LogP contribution is 2.02. The van der Waals surface area contributed by atoms with E-state index >= 15 is 0 Å². The zero-order valence-electron chi connectivity index (χ0n) is 9.71. The van der Waals surface area contributed by atoms with Gasteiger partial charge >= 0.3 is 12.8 Å². The Bertz CT molecular complexity index is 710. The monoisotopic (exact) mass is 264 g/mol. The quantitative estimate of drug-likeness (QED) is 0.582. The Labute approximate surface area is 106 Å². The van der Waals surface area contributed by atoms with Crippen molar-refractivity contribution in [2.24, 2.45) is 0 Å². The van der Waals surface area contributed by atoms with Crippen molar-refractivity contribution in [1.29, 1.82) is 0 Å². The summed E-state index contributed by atoms with van der Waals surface area (Å²) in [6.07, 6.45) is 1.28. The van der Waals surface area contributed by atoms with E-state index in [0.717, 1.165) is 12.1 Å². The van der Waals surface area contributed by atoms with Crippen LogP contribution in [0.3, 0.4) is 0 Å². The maximum Gasteiger partial charge on any atom is 0.488 e. The summed E-state index contributed by atoms with van der Waals surface area (Å²) >= 11 is 0. The highest BCUT2D eigenvalue weighted by atomic mass is 19.1. The Balaban J connectivity index is 2.43. The normalized spacial score (nSPS) is 10.5. The summed E-state index contributed by atoms with van der Waals surface area (Å²) in [4.78, 5) is 24.5. The molecule has 98 valence electrons. The molecule has 1 heterocycles. The first kappa shape index (κ1) is 13.3. The van der Waals surface area contributed by atoms with Gasteiger partial charge in [0.25, 0.3) is 5.56 Å². The molecule has 6 nitrogen and oxygen atoms in total. The molecule has 0 bridgehead atoms. The third-order valence-electron chi connectivity index (χ3n) is 2.62. The van der Waals surface area contributed by atoms with E-state index in [0.29, 0.717) is 5.56 Å². The molecule has 0 aliphatic heterocycles. The molecule has 1 aromatic carbocycles. The molecule has 2 aromatic rings. The first-order valence-corrected chi connectivity index (χ1v) is 5.41. The first-order valence-electron chi connectivity index (χ1n) is 5.41. The Hall–Kier alpha value is -2.19. The second kappa shape index (κ2) is 5.21. The van der Waals surface area contributed by atoms with E-state index in [1.165, 1.54) is 22.9 Å². The van der Waals surface area contributed by atoms with Gasteiger partial charge in [0.2, 0.25) is 0 Å². The minimum atomic E-state index is -1.84. The molecule has 0 spiro atoms. The van der Waals surface area contributed by atoms with Crippen molar-refractivity contribution in [2.45, 2.75) is 6.54 Å². The van der Waals surface area contributed by atoms with Gasteiger partial charge in [0.1, 0.15) is 5.82 Å². The highest BCUT2D eigenvalue weighted by Gasteiger charge is 2.17. The lowest BCUT2D eigenvalue weighted by Gasteiger charge is -2.10. The predicted octanol–water partition coefficient (Wildman–Crippen LogP) is -1.60. The zero-order chi connectivity index (χ0) is 14.0. The molecular formula is C11H10BFN2O4. The summed E-state index contributed by atoms with van der Waals surface area (Å²) in [5.74, 6) is -0.610. The molecule has 0 saturated heterocycles. The molecule has 0 saturated carbocycles. The fourth-order valence-electron chi connectivity index (χ4n) is 1.70. The molecule has 0 radical (unpaired) electrons. The third kappa shape index (κ3) is 2.98. The van der Waals surface area contributed by atoms with Gasteiger partial charge in [0.15, 0.2) is 0 Å². The fraction of sp³-hybridized carbons (Fsp3) is 0.0909. The summed E-state index contributed by atoms with van der Waals surface area (Å²) in [7, 11) is -1.84. The van der Waals surface area contributed by atoms with Gasteiger partial charge in [-0.1, -0.05) is 6.07 Å². The smallest absolute Gasteiger partial charge is 0.423 e. The lowest BCUT2D eigenvalue weighted by molar-refractivity contribution is 0.424. The number of hydrogen-bond donors (Lipinski definition) is 3. The van der Waals surface area contributed by atoms with Gasteiger partial charge in [0.05, 0.1) is 6.54 Å². The Morgan fingerprint density at radius 3 is 2.63 bits per heavy atom. The number of rotatable bonds is 3. The van der Waals surface area contributed by atoms with Crippen molar-refractivity contribution in [3.63, 3.8) is 0 Å². The fourth-order valence-corrected chi connectivity index (χ4v) is 1.70. The van der Waals surface area contributed by atoms with E-state index in [1.54, 1.807) is 0 Å². The average Bonchev–Trinajstić information content (AvgIpc) is 2.34. The van der Waals surface area contributed by atoms with Crippen LogP contribution in [0.2, 0.25) is 0 Å². The summed E-state index contributed by atoms with van der Waals surface area (Å²) in [6.45, 7) is -0.0111. The summed E-state index contributed by atoms with van der Waals surface area (Å²) in [5.41, 5.74) is -0.818. The van der Waals surface area contributed by atoms with Crippen LogP contribution in [-0.4, -0.2) is 26.7 Å². The molecule has 0 fully saturated rings. The van der Waals surface area contributed by atoms with Crippen LogP contribution < -0.4 is 16.7 Å². The van der Waals surface area contributed by atoms with Crippen molar-refractivity contribution >= 4 is 12.6 Å². The SMILES string of the molecule is O=c1ccn(Cc2ccc(F)cc2B(O)O)c(=O)[nH]1. The molecule has 0 unspecified atom stereocenters. The number of H-pyrrole nitrogens is 1.